The summed E-state index contributed by atoms with van der Waals surface area (Å²) in [6.45, 7) is 4.65. The number of amides is 1. The normalized spacial score (nSPS) is 27.6. The SMILES string of the molecule is CC(C)(C)OC(=O)NC1C(C(=O)O)C1C(F)(F)F. The monoisotopic (exact) mass is 269 g/mol. The number of hydrogen-bond acceptors (Lipinski definition) is 3. The van der Waals surface area contributed by atoms with Gasteiger partial charge in [0.25, 0.3) is 0 Å². The maximum absolute atomic E-state index is 12.4. The number of carboxylic acids is 1. The van der Waals surface area contributed by atoms with Crippen LogP contribution in [-0.2, 0) is 9.53 Å². The standard InChI is InChI=1S/C10H14F3NO4/c1-9(2,3)18-8(17)14-6-4(7(15)16)5(6)10(11,12)13/h4-6H,1-3H3,(H,14,17)(H,15,16). The van der Waals surface area contributed by atoms with Crippen LogP contribution in [0.15, 0.2) is 0 Å². The van der Waals surface area contributed by atoms with E-state index in [-0.39, 0.29) is 0 Å². The molecule has 1 aliphatic rings. The Balaban J connectivity index is 2.63. The maximum atomic E-state index is 12.4. The summed E-state index contributed by atoms with van der Waals surface area (Å²) in [6.07, 6.45) is -5.70. The second kappa shape index (κ2) is 4.33. The van der Waals surface area contributed by atoms with Gasteiger partial charge in [0, 0.05) is 0 Å². The zero-order valence-corrected chi connectivity index (χ0v) is 10.0. The molecule has 8 heteroatoms. The predicted octanol–water partition coefficient (Wildman–Crippen LogP) is 1.77. The highest BCUT2D eigenvalue weighted by Crippen LogP contribution is 2.50. The second-order valence-electron chi connectivity index (χ2n) is 5.10. The van der Waals surface area contributed by atoms with E-state index in [1.165, 1.54) is 0 Å². The molecular formula is C10H14F3NO4. The van der Waals surface area contributed by atoms with Gasteiger partial charge in [0.05, 0.1) is 17.9 Å². The Hall–Kier alpha value is -1.47. The number of halogens is 3. The highest BCUT2D eigenvalue weighted by molar-refractivity contribution is 5.78. The number of carbonyl (C=O) groups is 2. The minimum Gasteiger partial charge on any atom is -0.481 e. The van der Waals surface area contributed by atoms with Crippen LogP contribution in [0.3, 0.4) is 0 Å². The van der Waals surface area contributed by atoms with Crippen LogP contribution in [-0.4, -0.2) is 35.0 Å². The summed E-state index contributed by atoms with van der Waals surface area (Å²) >= 11 is 0. The number of ether oxygens (including phenoxy) is 1. The van der Waals surface area contributed by atoms with Crippen molar-refractivity contribution in [2.45, 2.75) is 38.6 Å². The van der Waals surface area contributed by atoms with Gasteiger partial charge < -0.3 is 15.2 Å². The molecule has 1 saturated carbocycles. The Kier molecular flexibility index (Phi) is 3.51. The third-order valence-corrected chi connectivity index (χ3v) is 2.37. The summed E-state index contributed by atoms with van der Waals surface area (Å²) in [5, 5.41) is 10.5. The summed E-state index contributed by atoms with van der Waals surface area (Å²) in [6, 6.07) is -1.46. The number of rotatable bonds is 2. The van der Waals surface area contributed by atoms with Crippen molar-refractivity contribution in [1.82, 2.24) is 5.32 Å². The molecule has 3 atom stereocenters. The molecule has 5 nitrogen and oxygen atoms in total. The largest absolute Gasteiger partial charge is 0.481 e. The molecule has 0 aromatic rings. The zero-order chi connectivity index (χ0) is 14.3. The lowest BCUT2D eigenvalue weighted by Crippen LogP contribution is -2.36. The van der Waals surface area contributed by atoms with Crippen LogP contribution < -0.4 is 5.32 Å². The van der Waals surface area contributed by atoms with E-state index in [1.54, 1.807) is 20.8 Å². The molecular weight excluding hydrogens is 255 g/mol. The van der Waals surface area contributed by atoms with E-state index in [0.29, 0.717) is 0 Å². The van der Waals surface area contributed by atoms with Gasteiger partial charge in [0.15, 0.2) is 0 Å². The molecule has 3 unspecified atom stereocenters. The quantitative estimate of drug-likeness (QED) is 0.801. The molecule has 0 heterocycles. The number of carbonyl (C=O) groups excluding carboxylic acids is 1. The Morgan fingerprint density at radius 3 is 2.00 bits per heavy atom. The van der Waals surface area contributed by atoms with Gasteiger partial charge in [-0.3, -0.25) is 4.79 Å². The van der Waals surface area contributed by atoms with Crippen molar-refractivity contribution in [2.75, 3.05) is 0 Å². The van der Waals surface area contributed by atoms with Gasteiger partial charge in [-0.15, -0.1) is 0 Å². The van der Waals surface area contributed by atoms with Gasteiger partial charge in [-0.2, -0.15) is 13.2 Å². The Morgan fingerprint density at radius 2 is 1.72 bits per heavy atom. The summed E-state index contributed by atoms with van der Waals surface area (Å²) in [4.78, 5) is 21.9. The van der Waals surface area contributed by atoms with Crippen LogP contribution in [0.1, 0.15) is 20.8 Å². The molecule has 104 valence electrons. The summed E-state index contributed by atoms with van der Waals surface area (Å²) < 4.78 is 42.1. The first-order valence-electron chi connectivity index (χ1n) is 5.22. The van der Waals surface area contributed by atoms with E-state index in [1.807, 2.05) is 5.32 Å². The molecule has 0 radical (unpaired) electrons. The van der Waals surface area contributed by atoms with Crippen molar-refractivity contribution in [1.29, 1.82) is 0 Å². The lowest BCUT2D eigenvalue weighted by atomic mass is 10.2. The summed E-state index contributed by atoms with van der Waals surface area (Å²) in [5.74, 6) is -5.28. The van der Waals surface area contributed by atoms with E-state index < -0.39 is 41.7 Å². The van der Waals surface area contributed by atoms with Gasteiger partial charge >= 0.3 is 18.2 Å². The topological polar surface area (TPSA) is 75.6 Å². The van der Waals surface area contributed by atoms with E-state index in [0.717, 1.165) is 0 Å². The molecule has 1 rings (SSSR count). The molecule has 0 aromatic carbocycles. The highest BCUT2D eigenvalue weighted by atomic mass is 19.4. The molecule has 0 aliphatic heterocycles. The Bertz CT molecular complexity index is 361. The van der Waals surface area contributed by atoms with Crippen molar-refractivity contribution < 1.29 is 32.6 Å². The number of hydrogen-bond donors (Lipinski definition) is 2. The third kappa shape index (κ3) is 3.51. The first kappa shape index (κ1) is 14.6. The fraction of sp³-hybridized carbons (Fsp3) is 0.800. The van der Waals surface area contributed by atoms with E-state index in [4.69, 9.17) is 9.84 Å². The fourth-order valence-corrected chi connectivity index (χ4v) is 1.65. The molecule has 0 aromatic heterocycles. The minimum absolute atomic E-state index is 0.856. The number of nitrogens with one attached hydrogen (secondary N) is 1. The average molecular weight is 269 g/mol. The summed E-state index contributed by atoms with van der Waals surface area (Å²) in [5.41, 5.74) is -0.856. The van der Waals surface area contributed by atoms with E-state index in [9.17, 15) is 22.8 Å². The van der Waals surface area contributed by atoms with Gasteiger partial charge in [0.2, 0.25) is 0 Å². The molecule has 1 fully saturated rings. The molecule has 1 aliphatic carbocycles. The molecule has 1 amide bonds. The van der Waals surface area contributed by atoms with Gasteiger partial charge in [-0.1, -0.05) is 0 Å². The van der Waals surface area contributed by atoms with Crippen molar-refractivity contribution in [3.63, 3.8) is 0 Å². The smallest absolute Gasteiger partial charge is 0.407 e. The van der Waals surface area contributed by atoms with Crippen LogP contribution in [0.2, 0.25) is 0 Å². The Labute approximate surface area is 101 Å². The fourth-order valence-electron chi connectivity index (χ4n) is 1.65. The molecule has 0 saturated heterocycles. The van der Waals surface area contributed by atoms with Gasteiger partial charge in [-0.25, -0.2) is 4.79 Å². The van der Waals surface area contributed by atoms with E-state index in [2.05, 4.69) is 0 Å². The minimum atomic E-state index is -4.65. The number of carboxylic acid groups (broad SMARTS) is 1. The molecule has 0 bridgehead atoms. The van der Waals surface area contributed by atoms with Gasteiger partial charge in [0.1, 0.15) is 5.60 Å². The first-order valence-corrected chi connectivity index (χ1v) is 5.22. The van der Waals surface area contributed by atoms with Crippen LogP contribution in [0.5, 0.6) is 0 Å². The van der Waals surface area contributed by atoms with Crippen LogP contribution >= 0.6 is 0 Å². The Morgan fingerprint density at radius 1 is 1.22 bits per heavy atom. The zero-order valence-electron chi connectivity index (χ0n) is 10.0. The average Bonchev–Trinajstić information content (AvgIpc) is 2.73. The number of alkyl carbamates (subject to hydrolysis) is 1. The lowest BCUT2D eigenvalue weighted by Gasteiger charge is -2.19. The summed E-state index contributed by atoms with van der Waals surface area (Å²) in [7, 11) is 0. The lowest BCUT2D eigenvalue weighted by molar-refractivity contribution is -0.160. The molecule has 2 N–H and O–H groups in total. The second-order valence-corrected chi connectivity index (χ2v) is 5.10. The number of aliphatic carboxylic acids is 1. The van der Waals surface area contributed by atoms with Crippen molar-refractivity contribution in [3.05, 3.63) is 0 Å². The predicted molar refractivity (Wildman–Crippen MR) is 53.8 cm³/mol. The third-order valence-electron chi connectivity index (χ3n) is 2.37. The van der Waals surface area contributed by atoms with Crippen molar-refractivity contribution >= 4 is 12.1 Å². The molecule has 18 heavy (non-hydrogen) atoms. The van der Waals surface area contributed by atoms with Gasteiger partial charge in [-0.05, 0) is 20.8 Å². The first-order chi connectivity index (χ1) is 7.93. The van der Waals surface area contributed by atoms with Crippen LogP contribution in [0.4, 0.5) is 18.0 Å². The molecule has 0 spiro atoms. The number of alkyl halides is 3. The van der Waals surface area contributed by atoms with Crippen molar-refractivity contribution in [2.24, 2.45) is 11.8 Å². The highest BCUT2D eigenvalue weighted by Gasteiger charge is 2.68. The van der Waals surface area contributed by atoms with Crippen molar-refractivity contribution in [3.8, 4) is 0 Å². The van der Waals surface area contributed by atoms with Crippen LogP contribution in [0, 0.1) is 11.8 Å². The van der Waals surface area contributed by atoms with E-state index >= 15 is 0 Å². The van der Waals surface area contributed by atoms with Crippen LogP contribution in [0.25, 0.3) is 0 Å². The maximum Gasteiger partial charge on any atom is 0.407 e.